The average Bonchev–Trinajstić information content (AvgIpc) is 2.49. The van der Waals surface area contributed by atoms with E-state index in [0.29, 0.717) is 6.61 Å². The molecule has 0 aliphatic carbocycles. The third-order valence-corrected chi connectivity index (χ3v) is 3.85. The highest BCUT2D eigenvalue weighted by molar-refractivity contribution is 5.46. The molecule has 1 aliphatic rings. The van der Waals surface area contributed by atoms with Crippen molar-refractivity contribution in [3.05, 3.63) is 18.3 Å². The number of rotatable bonds is 7. The molecule has 0 atom stereocenters. The van der Waals surface area contributed by atoms with E-state index >= 15 is 0 Å². The Kier molecular flexibility index (Phi) is 6.08. The van der Waals surface area contributed by atoms with E-state index in [1.54, 1.807) is 6.20 Å². The molecule has 5 nitrogen and oxygen atoms in total. The van der Waals surface area contributed by atoms with E-state index in [9.17, 15) is 0 Å². The van der Waals surface area contributed by atoms with Crippen molar-refractivity contribution < 1.29 is 5.11 Å². The monoisotopic (exact) mass is 278 g/mol. The van der Waals surface area contributed by atoms with Gasteiger partial charge in [-0.15, -0.1) is 0 Å². The molecular formula is C15H26N4O. The predicted molar refractivity (Wildman–Crippen MR) is 82.9 cm³/mol. The summed E-state index contributed by atoms with van der Waals surface area (Å²) >= 11 is 0. The first kappa shape index (κ1) is 15.1. The quantitative estimate of drug-likeness (QED) is 0.737. The summed E-state index contributed by atoms with van der Waals surface area (Å²) in [7, 11) is 0. The van der Waals surface area contributed by atoms with Crippen molar-refractivity contribution in [3.8, 4) is 0 Å². The van der Waals surface area contributed by atoms with Gasteiger partial charge in [0.15, 0.2) is 0 Å². The Balaban J connectivity index is 1.66. The SMILES string of the molecule is Nc1ccc(N2CCN(CCCCCCO)CC2)nc1. The molecule has 0 radical (unpaired) electrons. The second-order valence-electron chi connectivity index (χ2n) is 5.42. The van der Waals surface area contributed by atoms with Crippen LogP contribution in [0.2, 0.25) is 0 Å². The van der Waals surface area contributed by atoms with Gasteiger partial charge in [-0.05, 0) is 31.5 Å². The van der Waals surface area contributed by atoms with E-state index in [1.807, 2.05) is 12.1 Å². The minimum atomic E-state index is 0.327. The highest BCUT2D eigenvalue weighted by atomic mass is 16.2. The predicted octanol–water partition coefficient (Wildman–Crippen LogP) is 1.34. The van der Waals surface area contributed by atoms with Crippen molar-refractivity contribution in [2.24, 2.45) is 0 Å². The van der Waals surface area contributed by atoms with Crippen molar-refractivity contribution in [2.75, 3.05) is 50.0 Å². The van der Waals surface area contributed by atoms with Gasteiger partial charge >= 0.3 is 0 Å². The summed E-state index contributed by atoms with van der Waals surface area (Å²) in [6.45, 7) is 5.78. The fourth-order valence-corrected chi connectivity index (χ4v) is 2.59. The maximum Gasteiger partial charge on any atom is 0.128 e. The molecule has 0 unspecified atom stereocenters. The fourth-order valence-electron chi connectivity index (χ4n) is 2.59. The van der Waals surface area contributed by atoms with Crippen LogP contribution in [0.4, 0.5) is 11.5 Å². The van der Waals surface area contributed by atoms with Crippen LogP contribution in [0.15, 0.2) is 18.3 Å². The summed E-state index contributed by atoms with van der Waals surface area (Å²) in [6, 6.07) is 3.91. The van der Waals surface area contributed by atoms with E-state index < -0.39 is 0 Å². The summed E-state index contributed by atoms with van der Waals surface area (Å²) in [5.74, 6) is 1.03. The Morgan fingerprint density at radius 3 is 2.45 bits per heavy atom. The second kappa shape index (κ2) is 8.07. The first-order chi connectivity index (χ1) is 9.79. The molecule has 1 fully saturated rings. The van der Waals surface area contributed by atoms with E-state index in [2.05, 4.69) is 14.8 Å². The number of aromatic nitrogens is 1. The van der Waals surface area contributed by atoms with Crippen molar-refractivity contribution in [1.82, 2.24) is 9.88 Å². The minimum absolute atomic E-state index is 0.327. The largest absolute Gasteiger partial charge is 0.397 e. The minimum Gasteiger partial charge on any atom is -0.397 e. The molecule has 0 spiro atoms. The van der Waals surface area contributed by atoms with Gasteiger partial charge in [0.2, 0.25) is 0 Å². The highest BCUT2D eigenvalue weighted by Crippen LogP contribution is 2.15. The number of anilines is 2. The number of aliphatic hydroxyl groups is 1. The fraction of sp³-hybridized carbons (Fsp3) is 0.667. The number of nitrogens with zero attached hydrogens (tertiary/aromatic N) is 3. The maximum absolute atomic E-state index is 8.74. The molecule has 0 aromatic carbocycles. The van der Waals surface area contributed by atoms with Gasteiger partial charge in [0.25, 0.3) is 0 Å². The van der Waals surface area contributed by atoms with Crippen LogP contribution in [-0.2, 0) is 0 Å². The number of hydrogen-bond acceptors (Lipinski definition) is 5. The summed E-state index contributed by atoms with van der Waals surface area (Å²) in [4.78, 5) is 9.22. The van der Waals surface area contributed by atoms with Gasteiger partial charge in [-0.25, -0.2) is 4.98 Å². The van der Waals surface area contributed by atoms with E-state index in [4.69, 9.17) is 10.8 Å². The number of unbranched alkanes of at least 4 members (excludes halogenated alkanes) is 3. The summed E-state index contributed by atoms with van der Waals surface area (Å²) in [6.07, 6.45) is 6.27. The molecule has 1 saturated heterocycles. The topological polar surface area (TPSA) is 65.6 Å². The normalized spacial score (nSPS) is 16.6. The van der Waals surface area contributed by atoms with Crippen LogP contribution in [0.25, 0.3) is 0 Å². The third kappa shape index (κ3) is 4.65. The Morgan fingerprint density at radius 2 is 1.80 bits per heavy atom. The molecule has 1 aromatic rings. The van der Waals surface area contributed by atoms with Crippen LogP contribution in [-0.4, -0.2) is 54.3 Å². The molecule has 1 aromatic heterocycles. The molecule has 3 N–H and O–H groups in total. The van der Waals surface area contributed by atoms with Gasteiger partial charge < -0.3 is 15.7 Å². The molecule has 1 aliphatic heterocycles. The lowest BCUT2D eigenvalue weighted by molar-refractivity contribution is 0.247. The van der Waals surface area contributed by atoms with Gasteiger partial charge in [0.1, 0.15) is 5.82 Å². The van der Waals surface area contributed by atoms with Gasteiger partial charge in [-0.1, -0.05) is 12.8 Å². The van der Waals surface area contributed by atoms with Crippen molar-refractivity contribution >= 4 is 11.5 Å². The number of hydrogen-bond donors (Lipinski definition) is 2. The van der Waals surface area contributed by atoms with Crippen molar-refractivity contribution in [2.45, 2.75) is 25.7 Å². The van der Waals surface area contributed by atoms with E-state index in [0.717, 1.165) is 50.5 Å². The van der Waals surface area contributed by atoms with Crippen LogP contribution in [0.5, 0.6) is 0 Å². The van der Waals surface area contributed by atoms with E-state index in [-0.39, 0.29) is 0 Å². The molecule has 0 amide bonds. The lowest BCUT2D eigenvalue weighted by Crippen LogP contribution is -2.46. The van der Waals surface area contributed by atoms with Crippen LogP contribution in [0.1, 0.15) is 25.7 Å². The molecule has 2 rings (SSSR count). The van der Waals surface area contributed by atoms with E-state index in [1.165, 1.54) is 19.4 Å². The summed E-state index contributed by atoms with van der Waals surface area (Å²) in [5.41, 5.74) is 6.38. The maximum atomic E-state index is 8.74. The number of piperazine rings is 1. The zero-order valence-electron chi connectivity index (χ0n) is 12.2. The molecule has 0 bridgehead atoms. The Labute approximate surface area is 121 Å². The highest BCUT2D eigenvalue weighted by Gasteiger charge is 2.17. The number of nitrogen functional groups attached to an aromatic ring is 1. The second-order valence-corrected chi connectivity index (χ2v) is 5.42. The van der Waals surface area contributed by atoms with Gasteiger partial charge in [-0.2, -0.15) is 0 Å². The Morgan fingerprint density at radius 1 is 1.05 bits per heavy atom. The summed E-state index contributed by atoms with van der Waals surface area (Å²) in [5, 5.41) is 8.74. The smallest absolute Gasteiger partial charge is 0.128 e. The van der Waals surface area contributed by atoms with Gasteiger partial charge in [0, 0.05) is 32.8 Å². The zero-order valence-corrected chi connectivity index (χ0v) is 12.2. The van der Waals surface area contributed by atoms with Crippen LogP contribution in [0, 0.1) is 0 Å². The molecule has 5 heteroatoms. The molecule has 2 heterocycles. The van der Waals surface area contributed by atoms with Gasteiger partial charge in [0.05, 0.1) is 11.9 Å². The molecule has 20 heavy (non-hydrogen) atoms. The summed E-state index contributed by atoms with van der Waals surface area (Å²) < 4.78 is 0. The van der Waals surface area contributed by atoms with Crippen LogP contribution < -0.4 is 10.6 Å². The Hall–Kier alpha value is -1.33. The first-order valence-corrected chi connectivity index (χ1v) is 7.59. The average molecular weight is 278 g/mol. The third-order valence-electron chi connectivity index (χ3n) is 3.85. The standard InChI is InChI=1S/C15H26N4O/c16-14-5-6-15(17-13-14)19-10-8-18(9-11-19)7-3-1-2-4-12-20/h5-6,13,20H,1-4,7-12,16H2. The molecule has 112 valence electrons. The Bertz CT molecular complexity index is 374. The molecular weight excluding hydrogens is 252 g/mol. The lowest BCUT2D eigenvalue weighted by Gasteiger charge is -2.35. The van der Waals surface area contributed by atoms with Crippen LogP contribution in [0.3, 0.4) is 0 Å². The zero-order chi connectivity index (χ0) is 14.2. The van der Waals surface area contributed by atoms with Gasteiger partial charge in [-0.3, -0.25) is 4.90 Å². The number of aliphatic hydroxyl groups excluding tert-OH is 1. The van der Waals surface area contributed by atoms with Crippen molar-refractivity contribution in [3.63, 3.8) is 0 Å². The van der Waals surface area contributed by atoms with Crippen molar-refractivity contribution in [1.29, 1.82) is 0 Å². The van der Waals surface area contributed by atoms with Crippen LogP contribution >= 0.6 is 0 Å². The molecule has 0 saturated carbocycles. The lowest BCUT2D eigenvalue weighted by atomic mass is 10.2. The number of nitrogens with two attached hydrogens (primary N) is 1. The first-order valence-electron chi connectivity index (χ1n) is 7.59. The number of pyridine rings is 1.